The molecule has 1 amide bonds. The van der Waals surface area contributed by atoms with E-state index in [1.807, 2.05) is 38.1 Å². The monoisotopic (exact) mass is 605 g/mol. The van der Waals surface area contributed by atoms with Gasteiger partial charge in [-0.05, 0) is 84.7 Å². The number of hydrazone groups is 1. The first-order valence-electron chi connectivity index (χ1n) is 9.42. The van der Waals surface area contributed by atoms with Crippen LogP contribution in [-0.2, 0) is 0 Å². The van der Waals surface area contributed by atoms with Crippen molar-refractivity contribution in [2.75, 3.05) is 0 Å². The topological polar surface area (TPSA) is 59.5 Å². The predicted molar refractivity (Wildman–Crippen MR) is 134 cm³/mol. The molecule has 0 atom stereocenters. The van der Waals surface area contributed by atoms with Crippen LogP contribution in [0.15, 0.2) is 65.4 Å². The Balaban J connectivity index is 1.55. The van der Waals surface area contributed by atoms with Crippen molar-refractivity contribution in [3.8, 4) is 5.69 Å². The number of amides is 1. The number of hydrogen-bond acceptors (Lipinski definition) is 3. The Hall–Kier alpha value is -2.16. The number of aryl methyl sites for hydroxylation is 2. The number of halogens is 3. The average molecular weight is 608 g/mol. The molecule has 1 N–H and O–H groups in total. The maximum Gasteiger partial charge on any atom is 0.307 e. The fraction of sp³-hybridized carbons (Fsp3) is 0.130. The number of benzene rings is 2. The van der Waals surface area contributed by atoms with Crippen molar-refractivity contribution in [2.45, 2.75) is 20.8 Å². The summed E-state index contributed by atoms with van der Waals surface area (Å²) in [5.74, 6) is -0.213. The number of nitrogens with one attached hydrogen (secondary N) is 1. The summed E-state index contributed by atoms with van der Waals surface area (Å²) in [6.07, 6.45) is 1.65. The van der Waals surface area contributed by atoms with E-state index >= 15 is 0 Å². The Bertz CT molecular complexity index is 1350. The first kappa shape index (κ1) is 22.0. The molecule has 5 nitrogen and oxygen atoms in total. The van der Waals surface area contributed by atoms with E-state index < -0.39 is 5.91 Å². The van der Waals surface area contributed by atoms with E-state index in [9.17, 15) is 4.79 Å². The molecule has 0 saturated carbocycles. The van der Waals surface area contributed by atoms with Gasteiger partial charge in [-0.25, -0.2) is 5.43 Å². The van der Waals surface area contributed by atoms with Crippen LogP contribution in [0.1, 0.15) is 33.1 Å². The second-order valence-electron chi connectivity index (χ2n) is 7.21. The minimum absolute atomic E-state index is 0.196. The van der Waals surface area contributed by atoms with E-state index in [1.165, 1.54) is 0 Å². The SMILES string of the molecule is Cc1cc(-n2c(C)cc(/C=N\NC(=O)c3cc4cc(Br)cc(Br)c4o3)c2C)ccc1Br. The summed E-state index contributed by atoms with van der Waals surface area (Å²) in [7, 11) is 0. The Kier molecular flexibility index (Phi) is 6.23. The van der Waals surface area contributed by atoms with Crippen LogP contribution in [0.2, 0.25) is 0 Å². The molecule has 2 heterocycles. The predicted octanol–water partition coefficient (Wildman–Crippen LogP) is 7.20. The van der Waals surface area contributed by atoms with Crippen LogP contribution in [0.4, 0.5) is 0 Å². The summed E-state index contributed by atoms with van der Waals surface area (Å²) in [5.41, 5.74) is 8.46. The molecule has 0 radical (unpaired) electrons. The Labute approximate surface area is 204 Å². The second kappa shape index (κ2) is 8.76. The van der Waals surface area contributed by atoms with E-state index in [4.69, 9.17) is 4.42 Å². The smallest absolute Gasteiger partial charge is 0.307 e. The summed E-state index contributed by atoms with van der Waals surface area (Å²) >= 11 is 10.4. The lowest BCUT2D eigenvalue weighted by Crippen LogP contribution is -2.16. The van der Waals surface area contributed by atoms with E-state index in [0.29, 0.717) is 5.58 Å². The minimum atomic E-state index is -0.409. The lowest BCUT2D eigenvalue weighted by molar-refractivity contribution is 0.0929. The lowest BCUT2D eigenvalue weighted by Gasteiger charge is -2.11. The van der Waals surface area contributed by atoms with Crippen LogP contribution in [0.5, 0.6) is 0 Å². The fourth-order valence-electron chi connectivity index (χ4n) is 3.49. The third-order valence-electron chi connectivity index (χ3n) is 5.00. The minimum Gasteiger partial charge on any atom is -0.450 e. The molecule has 158 valence electrons. The van der Waals surface area contributed by atoms with Gasteiger partial charge in [-0.2, -0.15) is 5.10 Å². The number of aromatic nitrogens is 1. The van der Waals surface area contributed by atoms with Crippen LogP contribution in [-0.4, -0.2) is 16.7 Å². The van der Waals surface area contributed by atoms with Crippen molar-refractivity contribution in [3.63, 3.8) is 0 Å². The second-order valence-corrected chi connectivity index (χ2v) is 9.84. The molecule has 4 rings (SSSR count). The molecule has 8 heteroatoms. The van der Waals surface area contributed by atoms with Gasteiger partial charge in [0.25, 0.3) is 0 Å². The van der Waals surface area contributed by atoms with Crippen LogP contribution in [0, 0.1) is 20.8 Å². The molecule has 0 aliphatic heterocycles. The summed E-state index contributed by atoms with van der Waals surface area (Å²) in [6.45, 7) is 6.14. The number of rotatable bonds is 4. The molecule has 0 spiro atoms. The highest BCUT2D eigenvalue weighted by molar-refractivity contribution is 9.11. The summed E-state index contributed by atoms with van der Waals surface area (Å²) in [5, 5.41) is 4.97. The zero-order valence-electron chi connectivity index (χ0n) is 17.0. The molecule has 0 unspecified atom stereocenters. The van der Waals surface area contributed by atoms with Gasteiger partial charge in [0.15, 0.2) is 5.76 Å². The number of nitrogens with zero attached hydrogens (tertiary/aromatic N) is 2. The molecular weight excluding hydrogens is 590 g/mol. The first-order valence-corrected chi connectivity index (χ1v) is 11.8. The number of furan rings is 1. The molecular formula is C23H18Br3N3O2. The largest absolute Gasteiger partial charge is 0.450 e. The van der Waals surface area contributed by atoms with Crippen molar-refractivity contribution in [1.82, 2.24) is 9.99 Å². The van der Waals surface area contributed by atoms with Crippen LogP contribution < -0.4 is 5.43 Å². The van der Waals surface area contributed by atoms with E-state index in [2.05, 4.69) is 81.9 Å². The normalized spacial score (nSPS) is 11.5. The fourth-order valence-corrected chi connectivity index (χ4v) is 5.07. The molecule has 0 aliphatic carbocycles. The molecule has 31 heavy (non-hydrogen) atoms. The van der Waals surface area contributed by atoms with Gasteiger partial charge in [0.1, 0.15) is 5.58 Å². The van der Waals surface area contributed by atoms with Crippen molar-refractivity contribution in [1.29, 1.82) is 0 Å². The highest BCUT2D eigenvalue weighted by Gasteiger charge is 2.15. The molecule has 4 aromatic rings. The Morgan fingerprint density at radius 1 is 1.03 bits per heavy atom. The molecule has 2 aromatic carbocycles. The van der Waals surface area contributed by atoms with Gasteiger partial charge < -0.3 is 8.98 Å². The zero-order chi connectivity index (χ0) is 22.3. The van der Waals surface area contributed by atoms with Gasteiger partial charge in [-0.1, -0.05) is 31.9 Å². The molecule has 0 fully saturated rings. The van der Waals surface area contributed by atoms with Crippen molar-refractivity contribution in [2.24, 2.45) is 5.10 Å². The number of fused-ring (bicyclic) bond motifs is 1. The van der Waals surface area contributed by atoms with Gasteiger partial charge in [-0.15, -0.1) is 0 Å². The van der Waals surface area contributed by atoms with Gasteiger partial charge in [0.2, 0.25) is 0 Å². The molecule has 2 aromatic heterocycles. The summed E-state index contributed by atoms with van der Waals surface area (Å²) < 4.78 is 10.6. The highest BCUT2D eigenvalue weighted by atomic mass is 79.9. The Morgan fingerprint density at radius 2 is 1.81 bits per heavy atom. The number of hydrogen-bond donors (Lipinski definition) is 1. The highest BCUT2D eigenvalue weighted by Crippen LogP contribution is 2.31. The van der Waals surface area contributed by atoms with Gasteiger partial charge in [-0.3, -0.25) is 4.79 Å². The van der Waals surface area contributed by atoms with Crippen molar-refractivity contribution < 1.29 is 9.21 Å². The van der Waals surface area contributed by atoms with E-state index in [0.717, 1.165) is 47.0 Å². The van der Waals surface area contributed by atoms with E-state index in [1.54, 1.807) is 12.3 Å². The molecule has 0 aliphatic rings. The first-order chi connectivity index (χ1) is 14.7. The van der Waals surface area contributed by atoms with Crippen molar-refractivity contribution >= 4 is 70.9 Å². The molecule has 0 bridgehead atoms. The van der Waals surface area contributed by atoms with E-state index in [-0.39, 0.29) is 5.76 Å². The standard InChI is InChI=1S/C23H18Br3N3O2/c1-12-6-18(4-5-19(12)25)29-13(2)7-16(14(29)3)11-27-28-23(30)21-9-15-8-17(24)10-20(26)22(15)31-21/h4-11H,1-3H3,(H,28,30)/b27-11-. The average Bonchev–Trinajstić information content (AvgIpc) is 3.25. The lowest BCUT2D eigenvalue weighted by atomic mass is 10.2. The molecule has 0 saturated heterocycles. The van der Waals surface area contributed by atoms with Crippen LogP contribution >= 0.6 is 47.8 Å². The maximum atomic E-state index is 12.5. The van der Waals surface area contributed by atoms with Crippen molar-refractivity contribution in [3.05, 3.63) is 84.2 Å². The van der Waals surface area contributed by atoms with Crippen LogP contribution in [0.3, 0.4) is 0 Å². The maximum absolute atomic E-state index is 12.5. The summed E-state index contributed by atoms with van der Waals surface area (Å²) in [4.78, 5) is 12.5. The van der Waals surface area contributed by atoms with Crippen LogP contribution in [0.25, 0.3) is 16.7 Å². The number of carbonyl (C=O) groups is 1. The third-order valence-corrected chi connectivity index (χ3v) is 6.94. The van der Waals surface area contributed by atoms with Gasteiger partial charge >= 0.3 is 5.91 Å². The van der Waals surface area contributed by atoms with Gasteiger partial charge in [0, 0.05) is 37.0 Å². The quantitative estimate of drug-likeness (QED) is 0.197. The Morgan fingerprint density at radius 3 is 2.55 bits per heavy atom. The number of carbonyl (C=O) groups excluding carboxylic acids is 1. The summed E-state index contributed by atoms with van der Waals surface area (Å²) in [6, 6.07) is 13.7. The third kappa shape index (κ3) is 4.42. The van der Waals surface area contributed by atoms with Gasteiger partial charge in [0.05, 0.1) is 10.7 Å². The zero-order valence-corrected chi connectivity index (χ0v) is 21.7.